The molecule has 1 aliphatic heterocycles. The fraction of sp³-hybridized carbons (Fsp3) is 0.308. The highest BCUT2D eigenvalue weighted by Crippen LogP contribution is 2.23. The lowest BCUT2D eigenvalue weighted by Crippen LogP contribution is -2.35. The van der Waals surface area contributed by atoms with Gasteiger partial charge in [-0.25, -0.2) is 9.78 Å². The minimum absolute atomic E-state index is 0.199. The van der Waals surface area contributed by atoms with Gasteiger partial charge in [-0.05, 0) is 62.3 Å². The van der Waals surface area contributed by atoms with Crippen molar-refractivity contribution in [1.29, 1.82) is 0 Å². The topological polar surface area (TPSA) is 92.8 Å². The van der Waals surface area contributed by atoms with Crippen molar-refractivity contribution in [3.8, 4) is 11.3 Å². The van der Waals surface area contributed by atoms with Crippen LogP contribution in [0.25, 0.3) is 22.3 Å². The first kappa shape index (κ1) is 22.2. The molecule has 2 amide bonds. The first-order chi connectivity index (χ1) is 16.7. The number of furan rings is 1. The van der Waals surface area contributed by atoms with E-state index in [4.69, 9.17) is 13.6 Å². The molecule has 5 rings (SSSR count). The number of rotatable bonds is 9. The Morgan fingerprint density at radius 3 is 2.68 bits per heavy atom. The van der Waals surface area contributed by atoms with Gasteiger partial charge in [0.05, 0.1) is 6.20 Å². The van der Waals surface area contributed by atoms with E-state index in [-0.39, 0.29) is 12.6 Å². The molecular formula is C26H28N4O4. The summed E-state index contributed by atoms with van der Waals surface area (Å²) in [7, 11) is 0. The van der Waals surface area contributed by atoms with Crippen molar-refractivity contribution >= 4 is 22.7 Å². The van der Waals surface area contributed by atoms with Crippen LogP contribution in [0.1, 0.15) is 24.5 Å². The summed E-state index contributed by atoms with van der Waals surface area (Å²) in [4.78, 5) is 18.8. The van der Waals surface area contributed by atoms with Crippen molar-refractivity contribution in [3.63, 3.8) is 0 Å². The van der Waals surface area contributed by atoms with Crippen LogP contribution in [-0.2, 0) is 18.0 Å². The Bertz CT molecular complexity index is 1190. The second-order valence-corrected chi connectivity index (χ2v) is 8.37. The zero-order chi connectivity index (χ0) is 23.2. The number of benzene rings is 2. The fourth-order valence-electron chi connectivity index (χ4n) is 4.08. The predicted molar refractivity (Wildman–Crippen MR) is 129 cm³/mol. The van der Waals surface area contributed by atoms with Crippen LogP contribution < -0.4 is 10.6 Å². The van der Waals surface area contributed by atoms with Crippen LogP contribution >= 0.6 is 0 Å². The third-order valence-corrected chi connectivity index (χ3v) is 5.84. The normalized spacial score (nSPS) is 14.0. The number of amides is 2. The first-order valence-corrected chi connectivity index (χ1v) is 11.6. The van der Waals surface area contributed by atoms with E-state index in [0.717, 1.165) is 47.6 Å². The molecule has 1 fully saturated rings. The van der Waals surface area contributed by atoms with Crippen LogP contribution in [0.4, 0.5) is 10.5 Å². The number of anilines is 1. The summed E-state index contributed by atoms with van der Waals surface area (Å²) in [5, 5.41) is 6.82. The van der Waals surface area contributed by atoms with Gasteiger partial charge in [-0.3, -0.25) is 0 Å². The van der Waals surface area contributed by atoms with Crippen molar-refractivity contribution in [2.24, 2.45) is 0 Å². The fourth-order valence-corrected chi connectivity index (χ4v) is 4.08. The summed E-state index contributed by atoms with van der Waals surface area (Å²) in [6, 6.07) is 17.1. The average Bonchev–Trinajstić information content (AvgIpc) is 3.61. The molecule has 4 aromatic rings. The Kier molecular flexibility index (Phi) is 6.88. The molecule has 8 nitrogen and oxygen atoms in total. The van der Waals surface area contributed by atoms with Crippen molar-refractivity contribution in [2.45, 2.75) is 26.1 Å². The van der Waals surface area contributed by atoms with Gasteiger partial charge in [0, 0.05) is 29.7 Å². The Morgan fingerprint density at radius 1 is 1.03 bits per heavy atom. The molecule has 2 aromatic heterocycles. The number of nitrogens with one attached hydrogen (secondary N) is 2. The van der Waals surface area contributed by atoms with Crippen LogP contribution in [0.5, 0.6) is 0 Å². The Morgan fingerprint density at radius 2 is 1.85 bits per heavy atom. The maximum absolute atomic E-state index is 12.1. The van der Waals surface area contributed by atoms with E-state index in [0.29, 0.717) is 24.8 Å². The van der Waals surface area contributed by atoms with E-state index >= 15 is 0 Å². The summed E-state index contributed by atoms with van der Waals surface area (Å²) < 4.78 is 17.3. The monoisotopic (exact) mass is 460 g/mol. The third kappa shape index (κ3) is 5.65. The number of oxazole rings is 1. The molecule has 0 unspecified atom stereocenters. The van der Waals surface area contributed by atoms with Crippen molar-refractivity contribution in [2.75, 3.05) is 31.5 Å². The highest BCUT2D eigenvalue weighted by atomic mass is 16.5. The number of carbonyl (C=O) groups excluding carboxylic acids is 1. The van der Waals surface area contributed by atoms with E-state index in [9.17, 15) is 4.79 Å². The summed E-state index contributed by atoms with van der Waals surface area (Å²) in [5.41, 5.74) is 2.43. The van der Waals surface area contributed by atoms with Gasteiger partial charge in [-0.15, -0.1) is 0 Å². The zero-order valence-electron chi connectivity index (χ0n) is 19.0. The highest BCUT2D eigenvalue weighted by molar-refractivity contribution is 5.89. The highest BCUT2D eigenvalue weighted by Gasteiger charge is 2.12. The second-order valence-electron chi connectivity index (χ2n) is 8.37. The number of ether oxygens (including phenoxy) is 1. The molecule has 8 heteroatoms. The molecule has 2 N–H and O–H groups in total. The number of nitrogens with zero attached hydrogens (tertiary/aromatic N) is 2. The maximum Gasteiger partial charge on any atom is 0.319 e. The van der Waals surface area contributed by atoms with Gasteiger partial charge in [0.25, 0.3) is 0 Å². The number of hydrogen-bond donors (Lipinski definition) is 2. The van der Waals surface area contributed by atoms with Gasteiger partial charge in [0.2, 0.25) is 5.89 Å². The molecule has 0 spiro atoms. The lowest BCUT2D eigenvalue weighted by Gasteiger charge is -2.15. The van der Waals surface area contributed by atoms with Gasteiger partial charge < -0.3 is 29.1 Å². The van der Waals surface area contributed by atoms with Crippen molar-refractivity contribution in [1.82, 2.24) is 15.2 Å². The number of urea groups is 1. The van der Waals surface area contributed by atoms with Crippen LogP contribution in [0.2, 0.25) is 0 Å². The SMILES string of the molecule is O=C(NCCN1CCCC1)Nc1ccc(-c2cnc(COCc3cc4ccccc4o3)o2)cc1. The molecule has 0 aliphatic carbocycles. The van der Waals surface area contributed by atoms with Crippen LogP contribution in [0.3, 0.4) is 0 Å². The number of aromatic nitrogens is 1. The quantitative estimate of drug-likeness (QED) is 0.364. The van der Waals surface area contributed by atoms with E-state index in [1.807, 2.05) is 54.6 Å². The van der Waals surface area contributed by atoms with Crippen LogP contribution in [-0.4, -0.2) is 42.1 Å². The first-order valence-electron chi connectivity index (χ1n) is 11.6. The van der Waals surface area contributed by atoms with E-state index in [2.05, 4.69) is 20.5 Å². The van der Waals surface area contributed by atoms with Crippen LogP contribution in [0, 0.1) is 0 Å². The summed E-state index contributed by atoms with van der Waals surface area (Å²) in [6.45, 7) is 4.37. The van der Waals surface area contributed by atoms with Gasteiger partial charge in [-0.2, -0.15) is 0 Å². The third-order valence-electron chi connectivity index (χ3n) is 5.84. The smallest absolute Gasteiger partial charge is 0.319 e. The number of likely N-dealkylation sites (tertiary alicyclic amines) is 1. The van der Waals surface area contributed by atoms with Crippen molar-refractivity contribution < 1.29 is 18.4 Å². The molecule has 0 radical (unpaired) electrons. The maximum atomic E-state index is 12.1. The molecule has 0 atom stereocenters. The molecule has 176 valence electrons. The zero-order valence-corrected chi connectivity index (χ0v) is 19.0. The Labute approximate surface area is 197 Å². The van der Waals surface area contributed by atoms with Crippen LogP contribution in [0.15, 0.2) is 69.6 Å². The lowest BCUT2D eigenvalue weighted by atomic mass is 10.2. The van der Waals surface area contributed by atoms with Gasteiger partial charge in [0.1, 0.15) is 24.6 Å². The minimum atomic E-state index is -0.199. The Balaban J connectivity index is 1.08. The summed E-state index contributed by atoms with van der Waals surface area (Å²) in [6.07, 6.45) is 4.18. The number of carbonyl (C=O) groups is 1. The largest absolute Gasteiger partial charge is 0.459 e. The summed E-state index contributed by atoms with van der Waals surface area (Å²) in [5.74, 6) is 1.89. The predicted octanol–water partition coefficient (Wildman–Crippen LogP) is 5.02. The number of para-hydroxylation sites is 1. The molecule has 2 aromatic carbocycles. The Hall–Kier alpha value is -3.62. The lowest BCUT2D eigenvalue weighted by molar-refractivity contribution is 0.0786. The minimum Gasteiger partial charge on any atom is -0.459 e. The molecular weight excluding hydrogens is 432 g/mol. The molecule has 3 heterocycles. The number of fused-ring (bicyclic) bond motifs is 1. The van der Waals surface area contributed by atoms with Crippen molar-refractivity contribution in [3.05, 3.63) is 72.4 Å². The summed E-state index contributed by atoms with van der Waals surface area (Å²) >= 11 is 0. The molecule has 1 aliphatic rings. The van der Waals surface area contributed by atoms with Gasteiger partial charge in [-0.1, -0.05) is 18.2 Å². The average molecular weight is 461 g/mol. The molecule has 1 saturated heterocycles. The van der Waals surface area contributed by atoms with E-state index in [1.54, 1.807) is 6.20 Å². The van der Waals surface area contributed by atoms with Gasteiger partial charge in [0.15, 0.2) is 5.76 Å². The van der Waals surface area contributed by atoms with Gasteiger partial charge >= 0.3 is 6.03 Å². The van der Waals surface area contributed by atoms with E-state index < -0.39 is 0 Å². The molecule has 34 heavy (non-hydrogen) atoms. The standard InChI is InChI=1S/C26H28N4O4/c31-26(27-11-14-30-12-3-4-13-30)29-21-9-7-19(8-10-21)24-16-28-25(34-24)18-32-17-22-15-20-5-1-2-6-23(20)33-22/h1-2,5-10,15-16H,3-4,11-14,17-18H2,(H2,27,29,31). The molecule has 0 saturated carbocycles. The number of hydrogen-bond acceptors (Lipinski definition) is 6. The molecule has 0 bridgehead atoms. The van der Waals surface area contributed by atoms with E-state index in [1.165, 1.54) is 12.8 Å². The second kappa shape index (κ2) is 10.5.